The first-order chi connectivity index (χ1) is 29.3. The summed E-state index contributed by atoms with van der Waals surface area (Å²) in [4.78, 5) is 4.97. The Balaban J connectivity index is 1.21. The van der Waals surface area contributed by atoms with Crippen LogP contribution in [0.2, 0.25) is 26.2 Å². The van der Waals surface area contributed by atoms with Gasteiger partial charge in [-0.3, -0.25) is 0 Å². The Morgan fingerprint density at radius 3 is 1.10 bits per heavy atom. The fourth-order valence-electron chi connectivity index (χ4n) is 10.8. The fourth-order valence-corrected chi connectivity index (χ4v) is 16.8. The van der Waals surface area contributed by atoms with Crippen LogP contribution in [0.4, 0.5) is 34.1 Å². The van der Waals surface area contributed by atoms with Crippen molar-refractivity contribution in [1.82, 2.24) is 0 Å². The summed E-state index contributed by atoms with van der Waals surface area (Å²) in [5.41, 5.74) is 15.5. The van der Waals surface area contributed by atoms with Crippen LogP contribution in [0.5, 0.6) is 11.5 Å². The van der Waals surface area contributed by atoms with Gasteiger partial charge in [0.15, 0.2) is 0 Å². The molecule has 0 atom stereocenters. The van der Waals surface area contributed by atoms with E-state index in [1.807, 2.05) is 0 Å². The highest BCUT2D eigenvalue weighted by atomic mass is 28.3. The number of hydrogen-bond acceptors (Lipinski definition) is 3. The lowest BCUT2D eigenvalue weighted by Crippen LogP contribution is -2.59. The Bertz CT molecular complexity index is 2590. The van der Waals surface area contributed by atoms with Crippen molar-refractivity contribution in [2.24, 2.45) is 0 Å². The monoisotopic (exact) mass is 828 g/mol. The topological polar surface area (TPSA) is 15.7 Å². The summed E-state index contributed by atoms with van der Waals surface area (Å²) in [6.07, 6.45) is 0. The van der Waals surface area contributed by atoms with E-state index in [0.717, 1.165) is 22.9 Å². The van der Waals surface area contributed by atoms with Crippen LogP contribution in [0.25, 0.3) is 0 Å². The molecule has 0 saturated carbocycles. The van der Waals surface area contributed by atoms with Crippen molar-refractivity contribution in [1.29, 1.82) is 0 Å². The molecule has 7 aromatic carbocycles. The first kappa shape index (κ1) is 39.6. The summed E-state index contributed by atoms with van der Waals surface area (Å²) >= 11 is 0. The molecule has 7 aromatic rings. The smallest absolute Gasteiger partial charge is 0.251 e. The predicted molar refractivity (Wildman–Crippen MR) is 269 cm³/mol. The van der Waals surface area contributed by atoms with Crippen LogP contribution < -0.4 is 51.7 Å². The van der Waals surface area contributed by atoms with Crippen molar-refractivity contribution in [2.75, 3.05) is 9.80 Å². The summed E-state index contributed by atoms with van der Waals surface area (Å²) < 4.78 is 7.35. The first-order valence-corrected chi connectivity index (χ1v) is 28.4. The van der Waals surface area contributed by atoms with Gasteiger partial charge in [0, 0.05) is 46.3 Å². The minimum Gasteiger partial charge on any atom is -0.458 e. The molecular formula is C55H57BN2OSi2. The molecule has 3 heterocycles. The zero-order valence-electron chi connectivity index (χ0n) is 37.5. The van der Waals surface area contributed by atoms with Gasteiger partial charge in [0.05, 0.1) is 0 Å². The first-order valence-electron chi connectivity index (χ1n) is 22.4. The van der Waals surface area contributed by atoms with Crippen LogP contribution in [0, 0.1) is 0 Å². The van der Waals surface area contributed by atoms with E-state index in [-0.39, 0.29) is 6.71 Å². The normalized spacial score (nSPS) is 15.5. The number of rotatable bonds is 6. The van der Waals surface area contributed by atoms with E-state index in [1.54, 1.807) is 0 Å². The van der Waals surface area contributed by atoms with Gasteiger partial charge in [-0.25, -0.2) is 0 Å². The second-order valence-corrected chi connectivity index (χ2v) is 28.2. The van der Waals surface area contributed by atoms with E-state index in [9.17, 15) is 0 Å². The number of benzene rings is 7. The van der Waals surface area contributed by atoms with Gasteiger partial charge in [0.1, 0.15) is 27.6 Å². The molecule has 0 N–H and O–H groups in total. The average molecular weight is 829 g/mol. The molecule has 0 unspecified atom stereocenters. The van der Waals surface area contributed by atoms with E-state index >= 15 is 0 Å². The molecule has 0 aromatic heterocycles. The lowest BCUT2D eigenvalue weighted by Gasteiger charge is -2.41. The molecule has 0 saturated heterocycles. The van der Waals surface area contributed by atoms with E-state index in [2.05, 4.69) is 223 Å². The molecule has 0 aliphatic carbocycles. The van der Waals surface area contributed by atoms with Crippen LogP contribution in [0.1, 0.15) is 76.0 Å². The minimum absolute atomic E-state index is 0.00241. The average Bonchev–Trinajstić information content (AvgIpc) is 3.25. The minimum atomic E-state index is -1.94. The molecule has 0 amide bonds. The quantitative estimate of drug-likeness (QED) is 0.155. The molecule has 3 aliphatic heterocycles. The molecule has 3 nitrogen and oxygen atoms in total. The molecule has 304 valence electrons. The summed E-state index contributed by atoms with van der Waals surface area (Å²) in [7, 11) is -3.88. The van der Waals surface area contributed by atoms with Gasteiger partial charge >= 0.3 is 0 Å². The maximum Gasteiger partial charge on any atom is 0.251 e. The van der Waals surface area contributed by atoms with Crippen LogP contribution >= 0.6 is 0 Å². The number of nitrogens with zero attached hydrogens (tertiary/aromatic N) is 2. The molecular weight excluding hydrogens is 772 g/mol. The Hall–Kier alpha value is -5.56. The Morgan fingerprint density at radius 2 is 0.770 bits per heavy atom. The number of ether oxygens (including phenoxy) is 1. The predicted octanol–water partition coefficient (Wildman–Crippen LogP) is 10.9. The number of anilines is 6. The van der Waals surface area contributed by atoms with Crippen molar-refractivity contribution >= 4 is 94.1 Å². The third-order valence-corrected chi connectivity index (χ3v) is 21.2. The van der Waals surface area contributed by atoms with E-state index < -0.39 is 16.1 Å². The SMILES string of the molecule is CC(C)c1cc(C(C)C)c(B2c3ccc(N4c5ccccc5[Si](C)(C)c5ccccc54)cc3Oc3cc(N4c5ccccc5[Si](C)(C)c5ccccc54)ccc32)c(C(C)C)c1. The summed E-state index contributed by atoms with van der Waals surface area (Å²) in [6.45, 7) is 24.1. The second-order valence-electron chi connectivity index (χ2n) is 19.5. The zero-order valence-corrected chi connectivity index (χ0v) is 39.5. The molecule has 6 heteroatoms. The van der Waals surface area contributed by atoms with E-state index in [1.165, 1.54) is 76.6 Å². The summed E-state index contributed by atoms with van der Waals surface area (Å²) in [5, 5.41) is 5.84. The molecule has 3 aliphatic rings. The number of fused-ring (bicyclic) bond motifs is 6. The van der Waals surface area contributed by atoms with E-state index in [0.29, 0.717) is 17.8 Å². The van der Waals surface area contributed by atoms with E-state index in [4.69, 9.17) is 4.74 Å². The Labute approximate surface area is 366 Å². The Kier molecular flexibility index (Phi) is 9.42. The molecule has 61 heavy (non-hydrogen) atoms. The molecule has 10 rings (SSSR count). The van der Waals surface area contributed by atoms with Gasteiger partial charge in [-0.15, -0.1) is 0 Å². The van der Waals surface area contributed by atoms with Crippen molar-refractivity contribution in [3.05, 3.63) is 162 Å². The summed E-state index contributed by atoms with van der Waals surface area (Å²) in [5.74, 6) is 2.99. The van der Waals surface area contributed by atoms with Crippen molar-refractivity contribution in [2.45, 2.75) is 85.5 Å². The van der Waals surface area contributed by atoms with Gasteiger partial charge < -0.3 is 14.5 Å². The molecule has 0 bridgehead atoms. The largest absolute Gasteiger partial charge is 0.458 e. The van der Waals surface area contributed by atoms with Gasteiger partial charge in [-0.1, -0.05) is 170 Å². The zero-order chi connectivity index (χ0) is 42.5. The third kappa shape index (κ3) is 6.12. The lowest BCUT2D eigenvalue weighted by molar-refractivity contribution is 0.488. The molecule has 0 radical (unpaired) electrons. The van der Waals surface area contributed by atoms with Gasteiger partial charge in [0.2, 0.25) is 0 Å². The Morgan fingerprint density at radius 1 is 0.426 bits per heavy atom. The molecule has 0 fully saturated rings. The highest BCUT2D eigenvalue weighted by Gasteiger charge is 2.42. The highest BCUT2D eigenvalue weighted by Crippen LogP contribution is 2.43. The van der Waals surface area contributed by atoms with Gasteiger partial charge in [-0.2, -0.15) is 0 Å². The second kappa shape index (κ2) is 14.5. The highest BCUT2D eigenvalue weighted by molar-refractivity contribution is 7.03. The third-order valence-electron chi connectivity index (χ3n) is 14.1. The fraction of sp³-hybridized carbons (Fsp3) is 0.236. The molecule has 0 spiro atoms. The van der Waals surface area contributed by atoms with Gasteiger partial charge in [-0.05, 0) is 103 Å². The van der Waals surface area contributed by atoms with Crippen LogP contribution in [-0.2, 0) is 0 Å². The standard InChI is InChI=1S/C55H57BN2OSi2/c1-35(2)38-31-41(36(3)4)55(42(32-38)37(5)6)56-43-29-27-39(57-45-19-11-15-23-51(45)60(7,8)52-24-16-12-20-46(52)57)33-49(43)59-50-34-40(28-30-44(50)56)58-47-21-13-17-25-53(47)61(9,10)54-26-18-14-22-48(54)58/h11-37H,1-10H3. The maximum absolute atomic E-state index is 7.35. The number of hydrogen-bond donors (Lipinski definition) is 0. The maximum atomic E-state index is 7.35. The van der Waals surface area contributed by atoms with Crippen molar-refractivity contribution < 1.29 is 4.74 Å². The van der Waals surface area contributed by atoms with Gasteiger partial charge in [0.25, 0.3) is 6.71 Å². The van der Waals surface area contributed by atoms with Crippen LogP contribution in [0.3, 0.4) is 0 Å². The lowest BCUT2D eigenvalue weighted by atomic mass is 9.34. The van der Waals surface area contributed by atoms with Crippen LogP contribution in [-0.4, -0.2) is 22.9 Å². The number of para-hydroxylation sites is 4. The summed E-state index contributed by atoms with van der Waals surface area (Å²) in [6, 6.07) is 55.4. The van der Waals surface area contributed by atoms with Crippen molar-refractivity contribution in [3.63, 3.8) is 0 Å². The van der Waals surface area contributed by atoms with Crippen LogP contribution in [0.15, 0.2) is 146 Å². The van der Waals surface area contributed by atoms with Crippen molar-refractivity contribution in [3.8, 4) is 11.5 Å².